The third-order valence-electron chi connectivity index (χ3n) is 2.72. The molecule has 0 atom stereocenters. The Labute approximate surface area is 101 Å². The fourth-order valence-corrected chi connectivity index (χ4v) is 1.82. The van der Waals surface area contributed by atoms with Crippen LogP contribution in [0.3, 0.4) is 0 Å². The molecule has 0 bridgehead atoms. The van der Waals surface area contributed by atoms with Crippen LogP contribution in [0.25, 0.3) is 0 Å². The number of benzene rings is 1. The summed E-state index contributed by atoms with van der Waals surface area (Å²) in [5.41, 5.74) is 1.52. The normalized spacial score (nSPS) is 9.94. The van der Waals surface area contributed by atoms with Gasteiger partial charge < -0.3 is 9.47 Å². The predicted octanol–water partition coefficient (Wildman–Crippen LogP) is 2.54. The Balaban J connectivity index is 2.44. The van der Waals surface area contributed by atoms with Gasteiger partial charge in [0.1, 0.15) is 6.07 Å². The van der Waals surface area contributed by atoms with Crippen LogP contribution in [0.2, 0.25) is 0 Å². The van der Waals surface area contributed by atoms with E-state index in [2.05, 4.69) is 18.0 Å². The van der Waals surface area contributed by atoms with Gasteiger partial charge in [-0.1, -0.05) is 12.1 Å². The largest absolute Gasteiger partial charge is 0.317 e. The van der Waals surface area contributed by atoms with Gasteiger partial charge in [0.05, 0.1) is 11.3 Å². The minimum atomic E-state index is 0.653. The lowest BCUT2D eigenvalue weighted by Crippen LogP contribution is -2.16. The Morgan fingerprint density at radius 3 is 2.88 bits per heavy atom. The molecule has 0 radical (unpaired) electrons. The van der Waals surface area contributed by atoms with E-state index in [0.29, 0.717) is 5.56 Å². The summed E-state index contributed by atoms with van der Waals surface area (Å²) >= 11 is 0. The molecule has 1 aromatic heterocycles. The van der Waals surface area contributed by atoms with Crippen LogP contribution in [0, 0.1) is 11.3 Å². The van der Waals surface area contributed by atoms with Gasteiger partial charge >= 0.3 is 0 Å². The van der Waals surface area contributed by atoms with Gasteiger partial charge in [0.25, 0.3) is 0 Å². The second kappa shape index (κ2) is 4.71. The number of imidazole rings is 1. The highest BCUT2D eigenvalue weighted by Gasteiger charge is 2.12. The maximum atomic E-state index is 9.09. The first kappa shape index (κ1) is 11.2. The van der Waals surface area contributed by atoms with Crippen LogP contribution in [0.15, 0.2) is 36.7 Å². The van der Waals surface area contributed by atoms with Gasteiger partial charge in [0, 0.05) is 26.0 Å². The number of aromatic nitrogens is 2. The maximum Gasteiger partial charge on any atom is 0.209 e. The first-order chi connectivity index (χ1) is 8.27. The molecule has 86 valence electrons. The molecule has 4 heteroatoms. The molecule has 2 rings (SSSR count). The molecular formula is C13H14N4. The monoisotopic (exact) mass is 226 g/mol. The van der Waals surface area contributed by atoms with E-state index in [9.17, 15) is 0 Å². The van der Waals surface area contributed by atoms with Crippen molar-refractivity contribution in [1.29, 1.82) is 5.26 Å². The molecule has 0 unspecified atom stereocenters. The number of rotatable bonds is 3. The second-order valence-electron chi connectivity index (χ2n) is 3.70. The Hall–Kier alpha value is -2.28. The summed E-state index contributed by atoms with van der Waals surface area (Å²) in [6, 6.07) is 9.72. The van der Waals surface area contributed by atoms with E-state index in [0.717, 1.165) is 18.2 Å². The summed E-state index contributed by atoms with van der Waals surface area (Å²) in [6.07, 6.45) is 3.70. The lowest BCUT2D eigenvalue weighted by molar-refractivity contribution is 0.754. The van der Waals surface area contributed by atoms with Crippen LogP contribution in [0.5, 0.6) is 0 Å². The fraction of sp³-hybridized carbons (Fsp3) is 0.231. The summed E-state index contributed by atoms with van der Waals surface area (Å²) in [4.78, 5) is 6.25. The van der Waals surface area contributed by atoms with Crippen molar-refractivity contribution in [3.05, 3.63) is 42.2 Å². The van der Waals surface area contributed by atoms with E-state index in [-0.39, 0.29) is 0 Å². The number of para-hydroxylation sites is 1. The third-order valence-corrected chi connectivity index (χ3v) is 2.72. The van der Waals surface area contributed by atoms with E-state index in [1.165, 1.54) is 0 Å². The van der Waals surface area contributed by atoms with E-state index in [4.69, 9.17) is 5.26 Å². The fourth-order valence-electron chi connectivity index (χ4n) is 1.82. The van der Waals surface area contributed by atoms with Crippen LogP contribution in [-0.2, 0) is 6.54 Å². The van der Waals surface area contributed by atoms with E-state index in [1.807, 2.05) is 47.0 Å². The zero-order chi connectivity index (χ0) is 12.3. The van der Waals surface area contributed by atoms with Gasteiger partial charge in [-0.05, 0) is 19.1 Å². The Bertz CT molecular complexity index is 551. The zero-order valence-electron chi connectivity index (χ0n) is 9.96. The molecule has 1 heterocycles. The second-order valence-corrected chi connectivity index (χ2v) is 3.70. The number of hydrogen-bond acceptors (Lipinski definition) is 3. The minimum Gasteiger partial charge on any atom is -0.317 e. The van der Waals surface area contributed by atoms with Crippen molar-refractivity contribution in [1.82, 2.24) is 9.55 Å². The maximum absolute atomic E-state index is 9.09. The number of aryl methyl sites for hydroxylation is 1. The van der Waals surface area contributed by atoms with Crippen LogP contribution in [0.4, 0.5) is 11.6 Å². The molecule has 0 saturated carbocycles. The first-order valence-electron chi connectivity index (χ1n) is 5.52. The van der Waals surface area contributed by atoms with E-state index < -0.39 is 0 Å². The van der Waals surface area contributed by atoms with Gasteiger partial charge in [-0.3, -0.25) is 0 Å². The average molecular weight is 226 g/mol. The molecule has 0 aliphatic rings. The van der Waals surface area contributed by atoms with Crippen molar-refractivity contribution < 1.29 is 0 Å². The molecule has 0 fully saturated rings. The summed E-state index contributed by atoms with van der Waals surface area (Å²) in [5, 5.41) is 9.09. The molecule has 0 spiro atoms. The van der Waals surface area contributed by atoms with Crippen LogP contribution in [-0.4, -0.2) is 16.6 Å². The summed E-state index contributed by atoms with van der Waals surface area (Å²) in [5.74, 6) is 0.843. The lowest BCUT2D eigenvalue weighted by Gasteiger charge is -2.20. The van der Waals surface area contributed by atoms with Crippen molar-refractivity contribution >= 4 is 11.6 Å². The van der Waals surface area contributed by atoms with Crippen LogP contribution >= 0.6 is 0 Å². The number of hydrogen-bond donors (Lipinski definition) is 0. The van der Waals surface area contributed by atoms with Crippen molar-refractivity contribution in [2.75, 3.05) is 11.9 Å². The molecular weight excluding hydrogens is 212 g/mol. The number of nitriles is 1. The molecule has 0 N–H and O–H groups in total. The molecule has 1 aromatic carbocycles. The average Bonchev–Trinajstić information content (AvgIpc) is 2.86. The Morgan fingerprint density at radius 1 is 1.41 bits per heavy atom. The van der Waals surface area contributed by atoms with Crippen LogP contribution < -0.4 is 4.90 Å². The predicted molar refractivity (Wildman–Crippen MR) is 67.1 cm³/mol. The summed E-state index contributed by atoms with van der Waals surface area (Å²) in [6.45, 7) is 2.92. The van der Waals surface area contributed by atoms with Crippen LogP contribution in [0.1, 0.15) is 12.5 Å². The van der Waals surface area contributed by atoms with Gasteiger partial charge in [-0.25, -0.2) is 4.98 Å². The summed E-state index contributed by atoms with van der Waals surface area (Å²) < 4.78 is 2.04. The van der Waals surface area contributed by atoms with Crippen molar-refractivity contribution in [2.45, 2.75) is 13.5 Å². The highest BCUT2D eigenvalue weighted by Crippen LogP contribution is 2.25. The molecule has 0 amide bonds. The van der Waals surface area contributed by atoms with Gasteiger partial charge in [-0.2, -0.15) is 5.26 Å². The number of anilines is 2. The molecule has 0 aliphatic heterocycles. The van der Waals surface area contributed by atoms with Gasteiger partial charge in [-0.15, -0.1) is 0 Å². The molecule has 2 aromatic rings. The number of nitrogens with zero attached hydrogens (tertiary/aromatic N) is 4. The van der Waals surface area contributed by atoms with Gasteiger partial charge in [0.2, 0.25) is 5.95 Å². The van der Waals surface area contributed by atoms with Crippen molar-refractivity contribution in [2.24, 2.45) is 0 Å². The van der Waals surface area contributed by atoms with E-state index in [1.54, 1.807) is 6.20 Å². The Morgan fingerprint density at radius 2 is 2.18 bits per heavy atom. The first-order valence-corrected chi connectivity index (χ1v) is 5.52. The quantitative estimate of drug-likeness (QED) is 0.807. The molecule has 0 aliphatic carbocycles. The Kier molecular flexibility index (Phi) is 3.10. The van der Waals surface area contributed by atoms with Crippen molar-refractivity contribution in [3.63, 3.8) is 0 Å². The zero-order valence-corrected chi connectivity index (χ0v) is 9.96. The third kappa shape index (κ3) is 2.00. The lowest BCUT2D eigenvalue weighted by atomic mass is 10.2. The smallest absolute Gasteiger partial charge is 0.209 e. The summed E-state index contributed by atoms with van der Waals surface area (Å²) in [7, 11) is 1.92. The van der Waals surface area contributed by atoms with E-state index >= 15 is 0 Å². The molecule has 17 heavy (non-hydrogen) atoms. The SMILES string of the molecule is CCn1ccnc1N(C)c1ccccc1C#N. The van der Waals surface area contributed by atoms with Gasteiger partial charge in [0.15, 0.2) is 0 Å². The highest BCUT2D eigenvalue weighted by atomic mass is 15.3. The standard InChI is InChI=1S/C13H14N4/c1-3-17-9-8-15-13(17)16(2)12-7-5-4-6-11(12)10-14/h4-9H,3H2,1-2H3. The highest BCUT2D eigenvalue weighted by molar-refractivity contribution is 5.65. The molecule has 0 saturated heterocycles. The minimum absolute atomic E-state index is 0.653. The van der Waals surface area contributed by atoms with Crippen molar-refractivity contribution in [3.8, 4) is 6.07 Å². The molecule has 4 nitrogen and oxygen atoms in total. The topological polar surface area (TPSA) is 44.9 Å².